The molecule has 1 aliphatic heterocycles. The lowest BCUT2D eigenvalue weighted by Gasteiger charge is -2.16. The van der Waals surface area contributed by atoms with Crippen molar-refractivity contribution in [2.24, 2.45) is 0 Å². The Morgan fingerprint density at radius 3 is 2.53 bits per heavy atom. The van der Waals surface area contributed by atoms with E-state index < -0.39 is 23.5 Å². The molecule has 1 aromatic rings. The molecule has 1 aromatic carbocycles. The second-order valence-corrected chi connectivity index (χ2v) is 5.20. The molecule has 1 heterocycles. The van der Waals surface area contributed by atoms with Gasteiger partial charge in [0.15, 0.2) is 0 Å². The van der Waals surface area contributed by atoms with Crippen molar-refractivity contribution in [1.29, 1.82) is 0 Å². The predicted molar refractivity (Wildman–Crippen MR) is 62.7 cm³/mol. The molecule has 0 atom stereocenters. The smallest absolute Gasteiger partial charge is 0.314 e. The number of hydrogen-bond acceptors (Lipinski definition) is 3. The summed E-state index contributed by atoms with van der Waals surface area (Å²) in [7, 11) is 1.76. The fourth-order valence-electron chi connectivity index (χ4n) is 1.65. The van der Waals surface area contributed by atoms with E-state index in [9.17, 15) is 22.4 Å². The lowest BCUT2D eigenvalue weighted by atomic mass is 10.1. The molecule has 0 bridgehead atoms. The number of benzene rings is 1. The lowest BCUT2D eigenvalue weighted by molar-refractivity contribution is -0.137. The first-order valence-electron chi connectivity index (χ1n) is 5.29. The molecule has 0 unspecified atom stereocenters. The summed E-state index contributed by atoms with van der Waals surface area (Å²) in [5, 5.41) is 0. The van der Waals surface area contributed by atoms with Crippen molar-refractivity contribution in [2.45, 2.75) is 6.18 Å². The molecule has 19 heavy (non-hydrogen) atoms. The molecule has 2 rings (SSSR count). The van der Waals surface area contributed by atoms with Gasteiger partial charge in [-0.15, -0.1) is 0 Å². The quantitative estimate of drug-likeness (QED) is 0.588. The number of alkyl halides is 3. The van der Waals surface area contributed by atoms with Crippen LogP contribution in [0, 0.1) is 5.82 Å². The Labute approximate surface area is 111 Å². The first kappa shape index (κ1) is 14.1. The van der Waals surface area contributed by atoms with E-state index in [4.69, 9.17) is 0 Å². The van der Waals surface area contributed by atoms with Crippen molar-refractivity contribution < 1.29 is 22.4 Å². The van der Waals surface area contributed by atoms with E-state index in [-0.39, 0.29) is 5.56 Å². The first-order chi connectivity index (χ1) is 8.79. The number of halogens is 4. The molecular weight excluding hydrogens is 284 g/mol. The van der Waals surface area contributed by atoms with Crippen molar-refractivity contribution in [3.8, 4) is 0 Å². The number of carbonyl (C=O) groups excluding carboxylic acids is 1. The standard InChI is InChI=1S/C11H10F4N2OS/c1-16-5-17(6-19-16)10(18)8-3-2-7(4-9(8)12)11(13,14)15/h2-4H,5-6H2,1H3. The largest absolute Gasteiger partial charge is 0.416 e. The zero-order valence-corrected chi connectivity index (χ0v) is 10.7. The maximum absolute atomic E-state index is 13.6. The number of hydrogen-bond donors (Lipinski definition) is 0. The Morgan fingerprint density at radius 1 is 1.37 bits per heavy atom. The predicted octanol–water partition coefficient (Wildman–Crippen LogP) is 2.80. The van der Waals surface area contributed by atoms with Crippen LogP contribution in [0.2, 0.25) is 0 Å². The van der Waals surface area contributed by atoms with Crippen molar-refractivity contribution in [3.63, 3.8) is 0 Å². The van der Waals surface area contributed by atoms with Crippen LogP contribution in [0.15, 0.2) is 18.2 Å². The summed E-state index contributed by atoms with van der Waals surface area (Å²) in [6.07, 6.45) is -4.62. The van der Waals surface area contributed by atoms with E-state index in [0.29, 0.717) is 24.7 Å². The van der Waals surface area contributed by atoms with E-state index in [1.165, 1.54) is 16.8 Å². The molecule has 1 aliphatic rings. The second kappa shape index (κ2) is 5.01. The lowest BCUT2D eigenvalue weighted by Crippen LogP contribution is -2.30. The summed E-state index contributed by atoms with van der Waals surface area (Å²) < 4.78 is 52.5. The molecule has 0 saturated carbocycles. The molecule has 8 heteroatoms. The van der Waals surface area contributed by atoms with E-state index in [1.54, 1.807) is 11.4 Å². The molecule has 3 nitrogen and oxygen atoms in total. The monoisotopic (exact) mass is 294 g/mol. The van der Waals surface area contributed by atoms with Crippen molar-refractivity contribution in [3.05, 3.63) is 35.1 Å². The molecule has 1 saturated heterocycles. The molecule has 0 aromatic heterocycles. The minimum atomic E-state index is -4.62. The third kappa shape index (κ3) is 3.01. The topological polar surface area (TPSA) is 23.6 Å². The van der Waals surface area contributed by atoms with Crippen molar-refractivity contribution >= 4 is 17.9 Å². The van der Waals surface area contributed by atoms with Gasteiger partial charge in [0, 0.05) is 0 Å². The normalized spacial score (nSPS) is 17.0. The van der Waals surface area contributed by atoms with Crippen LogP contribution in [-0.2, 0) is 6.18 Å². The minimum absolute atomic E-state index is 0.309. The molecule has 0 radical (unpaired) electrons. The van der Waals surface area contributed by atoms with Crippen LogP contribution in [0.5, 0.6) is 0 Å². The maximum atomic E-state index is 13.6. The van der Waals surface area contributed by atoms with Crippen molar-refractivity contribution in [2.75, 3.05) is 19.6 Å². The van der Waals surface area contributed by atoms with Gasteiger partial charge in [0.05, 0.1) is 23.7 Å². The molecule has 0 N–H and O–H groups in total. The molecule has 0 spiro atoms. The third-order valence-electron chi connectivity index (χ3n) is 2.62. The summed E-state index contributed by atoms with van der Waals surface area (Å²) in [6.45, 7) is 0.309. The molecule has 1 amide bonds. The summed E-state index contributed by atoms with van der Waals surface area (Å²) in [5.74, 6) is -1.40. The highest BCUT2D eigenvalue weighted by Gasteiger charge is 2.32. The third-order valence-corrected chi connectivity index (χ3v) is 3.60. The summed E-state index contributed by atoms with van der Waals surface area (Å²) in [5.41, 5.74) is -1.45. The van der Waals surface area contributed by atoms with Crippen LogP contribution in [0.1, 0.15) is 15.9 Å². The van der Waals surface area contributed by atoms with Crippen LogP contribution in [0.3, 0.4) is 0 Å². The fourth-order valence-corrected chi connectivity index (χ4v) is 2.40. The number of nitrogens with zero attached hydrogens (tertiary/aromatic N) is 2. The van der Waals surface area contributed by atoms with Gasteiger partial charge in [-0.2, -0.15) is 13.2 Å². The molecule has 0 aliphatic carbocycles. The zero-order valence-electron chi connectivity index (χ0n) is 9.87. The van der Waals surface area contributed by atoms with Gasteiger partial charge in [0.25, 0.3) is 5.91 Å². The van der Waals surface area contributed by atoms with E-state index in [2.05, 4.69) is 0 Å². The van der Waals surface area contributed by atoms with Gasteiger partial charge >= 0.3 is 6.18 Å². The summed E-state index contributed by atoms with van der Waals surface area (Å²) in [4.78, 5) is 13.3. The number of carbonyl (C=O) groups is 1. The Kier molecular flexibility index (Phi) is 3.73. The second-order valence-electron chi connectivity index (χ2n) is 4.06. The van der Waals surface area contributed by atoms with Gasteiger partial charge in [0.2, 0.25) is 0 Å². The highest BCUT2D eigenvalue weighted by atomic mass is 32.2. The first-order valence-corrected chi connectivity index (χ1v) is 6.23. The van der Waals surface area contributed by atoms with E-state index >= 15 is 0 Å². The van der Waals surface area contributed by atoms with Crippen LogP contribution in [0.4, 0.5) is 17.6 Å². The number of rotatable bonds is 1. The fraction of sp³-hybridized carbons (Fsp3) is 0.364. The number of amides is 1. The molecule has 1 fully saturated rings. The van der Waals surface area contributed by atoms with Gasteiger partial charge in [-0.1, -0.05) is 11.9 Å². The summed E-state index contributed by atoms with van der Waals surface area (Å²) >= 11 is 1.38. The molecule has 104 valence electrons. The zero-order chi connectivity index (χ0) is 14.2. The van der Waals surface area contributed by atoms with E-state index in [0.717, 1.165) is 6.07 Å². The van der Waals surface area contributed by atoms with Crippen molar-refractivity contribution in [1.82, 2.24) is 9.21 Å². The van der Waals surface area contributed by atoms with Crippen LogP contribution >= 0.6 is 11.9 Å². The highest BCUT2D eigenvalue weighted by molar-refractivity contribution is 7.97. The van der Waals surface area contributed by atoms with E-state index in [1.807, 2.05) is 0 Å². The minimum Gasteiger partial charge on any atom is -0.314 e. The Hall–Kier alpha value is -1.28. The highest BCUT2D eigenvalue weighted by Crippen LogP contribution is 2.31. The van der Waals surface area contributed by atoms with Crippen LogP contribution in [-0.4, -0.2) is 34.7 Å². The van der Waals surface area contributed by atoms with Gasteiger partial charge in [-0.05, 0) is 25.2 Å². The summed E-state index contributed by atoms with van der Waals surface area (Å²) in [6, 6.07) is 1.94. The Morgan fingerprint density at radius 2 is 2.05 bits per heavy atom. The average molecular weight is 294 g/mol. The maximum Gasteiger partial charge on any atom is 0.416 e. The van der Waals surface area contributed by atoms with Gasteiger partial charge in [-0.25, -0.2) is 8.70 Å². The Bertz CT molecular complexity index is 506. The SMILES string of the molecule is CN1CN(C(=O)c2ccc(C(F)(F)F)cc2F)CS1. The van der Waals surface area contributed by atoms with Crippen LogP contribution < -0.4 is 0 Å². The Balaban J connectivity index is 2.24. The van der Waals surface area contributed by atoms with Gasteiger partial charge < -0.3 is 4.90 Å². The molecular formula is C11H10F4N2OS. The van der Waals surface area contributed by atoms with Gasteiger partial charge in [0.1, 0.15) is 5.82 Å². The van der Waals surface area contributed by atoms with Crippen LogP contribution in [0.25, 0.3) is 0 Å². The average Bonchev–Trinajstić information content (AvgIpc) is 2.73. The van der Waals surface area contributed by atoms with Gasteiger partial charge in [-0.3, -0.25) is 4.79 Å².